The average Bonchev–Trinajstić information content (AvgIpc) is 3.35. The molecule has 0 aliphatic carbocycles. The Morgan fingerprint density at radius 2 is 1.65 bits per heavy atom. The van der Waals surface area contributed by atoms with Crippen molar-refractivity contribution in [2.45, 2.75) is 19.3 Å². The lowest BCUT2D eigenvalue weighted by molar-refractivity contribution is 0.415. The zero-order valence-electron chi connectivity index (χ0n) is 20.6. The highest BCUT2D eigenvalue weighted by atomic mass is 16.5. The van der Waals surface area contributed by atoms with Gasteiger partial charge >= 0.3 is 0 Å². The van der Waals surface area contributed by atoms with Gasteiger partial charge in [-0.3, -0.25) is 9.89 Å². The summed E-state index contributed by atoms with van der Waals surface area (Å²) in [5.74, 6) is 1.80. The summed E-state index contributed by atoms with van der Waals surface area (Å²) in [4.78, 5) is 26.0. The highest BCUT2D eigenvalue weighted by Crippen LogP contribution is 2.37. The molecule has 0 unspecified atom stereocenters. The molecule has 1 aliphatic rings. The third-order valence-electron chi connectivity index (χ3n) is 6.78. The largest absolute Gasteiger partial charge is 0.497 e. The lowest BCUT2D eigenvalue weighted by Crippen LogP contribution is -2.30. The fraction of sp³-hybridized carbons (Fsp3) is 0.207. The van der Waals surface area contributed by atoms with E-state index in [-0.39, 0.29) is 5.56 Å². The highest BCUT2D eigenvalue weighted by Gasteiger charge is 2.26. The van der Waals surface area contributed by atoms with Crippen molar-refractivity contribution >= 4 is 23.0 Å². The fourth-order valence-electron chi connectivity index (χ4n) is 4.95. The standard InChI is InChI=1S/C29H28N6O2/c1-37-22-15-13-20(14-16-22)24-27(31-23-12-6-7-17-30-23)32-28-26(34-18-8-3-9-19-34)25(33-35(28)29(24)36)21-10-4-2-5-11-21/h2,4-7,10-17,33H,3,8-9,18-19H2,1H3,(H,30,31). The number of rotatable bonds is 6. The molecule has 3 aromatic heterocycles. The van der Waals surface area contributed by atoms with Gasteiger partial charge < -0.3 is 15.0 Å². The zero-order valence-corrected chi connectivity index (χ0v) is 20.6. The predicted octanol–water partition coefficient (Wildman–Crippen LogP) is 5.49. The van der Waals surface area contributed by atoms with Crippen LogP contribution in [-0.4, -0.2) is 39.8 Å². The van der Waals surface area contributed by atoms with Gasteiger partial charge in [-0.15, -0.1) is 0 Å². The highest BCUT2D eigenvalue weighted by molar-refractivity contribution is 5.89. The van der Waals surface area contributed by atoms with E-state index in [1.54, 1.807) is 17.8 Å². The third kappa shape index (κ3) is 4.31. The molecule has 5 aromatic rings. The Morgan fingerprint density at radius 1 is 0.892 bits per heavy atom. The minimum Gasteiger partial charge on any atom is -0.497 e. The fourth-order valence-corrected chi connectivity index (χ4v) is 4.95. The van der Waals surface area contributed by atoms with E-state index in [0.717, 1.165) is 54.2 Å². The first-order valence-corrected chi connectivity index (χ1v) is 12.5. The second-order valence-corrected chi connectivity index (χ2v) is 9.12. The number of hydrogen-bond donors (Lipinski definition) is 2. The molecule has 8 nitrogen and oxygen atoms in total. The summed E-state index contributed by atoms with van der Waals surface area (Å²) in [5.41, 5.74) is 4.46. The second kappa shape index (κ2) is 9.81. The van der Waals surface area contributed by atoms with E-state index in [4.69, 9.17) is 9.72 Å². The first-order chi connectivity index (χ1) is 18.2. The normalized spacial score (nSPS) is 13.6. The number of fused-ring (bicyclic) bond motifs is 1. The molecule has 0 spiro atoms. The van der Waals surface area contributed by atoms with Crippen molar-refractivity contribution < 1.29 is 4.74 Å². The van der Waals surface area contributed by atoms with E-state index in [1.165, 1.54) is 6.42 Å². The number of piperidine rings is 1. The molecule has 0 saturated carbocycles. The Bertz CT molecular complexity index is 1570. The van der Waals surface area contributed by atoms with Gasteiger partial charge in [0.1, 0.15) is 23.1 Å². The van der Waals surface area contributed by atoms with Crippen molar-refractivity contribution in [1.82, 2.24) is 19.6 Å². The molecule has 0 atom stereocenters. The number of nitrogens with one attached hydrogen (secondary N) is 2. The molecular weight excluding hydrogens is 464 g/mol. The van der Waals surface area contributed by atoms with E-state index in [0.29, 0.717) is 22.8 Å². The van der Waals surface area contributed by atoms with Crippen molar-refractivity contribution in [3.8, 4) is 28.1 Å². The van der Waals surface area contributed by atoms with E-state index in [1.807, 2.05) is 60.7 Å². The SMILES string of the molecule is COc1ccc(-c2c(Nc3ccccn3)nc3c(N4CCCCC4)c(-c4ccccc4)[nH]n3c2=O)cc1. The smallest absolute Gasteiger partial charge is 0.282 e. The molecular formula is C29H28N6O2. The van der Waals surface area contributed by atoms with E-state index >= 15 is 0 Å². The second-order valence-electron chi connectivity index (χ2n) is 9.12. The van der Waals surface area contributed by atoms with Crippen LogP contribution in [0.25, 0.3) is 28.0 Å². The van der Waals surface area contributed by atoms with Gasteiger partial charge in [0.05, 0.1) is 18.4 Å². The van der Waals surface area contributed by atoms with Crippen LogP contribution < -0.4 is 20.5 Å². The van der Waals surface area contributed by atoms with Crippen LogP contribution in [0.4, 0.5) is 17.3 Å². The summed E-state index contributed by atoms with van der Waals surface area (Å²) < 4.78 is 6.91. The molecule has 2 aromatic carbocycles. The number of methoxy groups -OCH3 is 1. The van der Waals surface area contributed by atoms with Gasteiger partial charge in [-0.1, -0.05) is 48.5 Å². The van der Waals surface area contributed by atoms with Crippen LogP contribution in [0.3, 0.4) is 0 Å². The van der Waals surface area contributed by atoms with Crippen molar-refractivity contribution in [2.75, 3.05) is 30.4 Å². The van der Waals surface area contributed by atoms with Crippen LogP contribution in [-0.2, 0) is 0 Å². The minimum atomic E-state index is -0.186. The molecule has 0 radical (unpaired) electrons. The third-order valence-corrected chi connectivity index (χ3v) is 6.78. The van der Waals surface area contributed by atoms with Crippen molar-refractivity contribution in [3.63, 3.8) is 0 Å². The van der Waals surface area contributed by atoms with E-state index in [9.17, 15) is 4.79 Å². The maximum absolute atomic E-state index is 14.2. The van der Waals surface area contributed by atoms with Crippen LogP contribution >= 0.6 is 0 Å². The molecule has 0 bridgehead atoms. The number of ether oxygens (including phenoxy) is 1. The number of aromatic nitrogens is 4. The van der Waals surface area contributed by atoms with Crippen molar-refractivity contribution in [1.29, 1.82) is 0 Å². The zero-order chi connectivity index (χ0) is 25.2. The number of benzene rings is 2. The first-order valence-electron chi connectivity index (χ1n) is 12.5. The summed E-state index contributed by atoms with van der Waals surface area (Å²) in [6, 6.07) is 23.2. The van der Waals surface area contributed by atoms with Gasteiger partial charge in [0.2, 0.25) is 0 Å². The summed E-state index contributed by atoms with van der Waals surface area (Å²) in [7, 11) is 1.62. The maximum Gasteiger partial charge on any atom is 0.282 e. The molecule has 2 N–H and O–H groups in total. The van der Waals surface area contributed by atoms with Gasteiger partial charge in [-0.25, -0.2) is 9.97 Å². The molecule has 37 heavy (non-hydrogen) atoms. The van der Waals surface area contributed by atoms with Crippen LogP contribution in [0, 0.1) is 0 Å². The molecule has 1 fully saturated rings. The summed E-state index contributed by atoms with van der Waals surface area (Å²) in [6.07, 6.45) is 5.14. The monoisotopic (exact) mass is 492 g/mol. The van der Waals surface area contributed by atoms with E-state index in [2.05, 4.69) is 32.4 Å². The van der Waals surface area contributed by atoms with E-state index < -0.39 is 0 Å². The van der Waals surface area contributed by atoms with Crippen LogP contribution in [0.1, 0.15) is 19.3 Å². The van der Waals surface area contributed by atoms with Crippen molar-refractivity contribution in [2.24, 2.45) is 0 Å². The average molecular weight is 493 g/mol. The number of anilines is 3. The van der Waals surface area contributed by atoms with Crippen LogP contribution in [0.2, 0.25) is 0 Å². The Balaban J connectivity index is 1.62. The Morgan fingerprint density at radius 3 is 2.35 bits per heavy atom. The van der Waals surface area contributed by atoms with Gasteiger partial charge in [-0.2, -0.15) is 4.52 Å². The summed E-state index contributed by atoms with van der Waals surface area (Å²) >= 11 is 0. The lowest BCUT2D eigenvalue weighted by atomic mass is 10.1. The lowest BCUT2D eigenvalue weighted by Gasteiger charge is -2.28. The number of aromatic amines is 1. The molecule has 8 heteroatoms. The number of hydrogen-bond acceptors (Lipinski definition) is 6. The number of nitrogens with zero attached hydrogens (tertiary/aromatic N) is 4. The Kier molecular flexibility index (Phi) is 6.06. The number of H-pyrrole nitrogens is 1. The molecule has 0 amide bonds. The predicted molar refractivity (Wildman–Crippen MR) is 147 cm³/mol. The van der Waals surface area contributed by atoms with Gasteiger partial charge in [0.15, 0.2) is 5.65 Å². The topological polar surface area (TPSA) is 87.5 Å². The van der Waals surface area contributed by atoms with Gasteiger partial charge in [-0.05, 0) is 49.1 Å². The van der Waals surface area contributed by atoms with Gasteiger partial charge in [0, 0.05) is 24.8 Å². The summed E-state index contributed by atoms with van der Waals surface area (Å²) in [5, 5.41) is 6.71. The molecule has 1 saturated heterocycles. The molecule has 6 rings (SSSR count). The van der Waals surface area contributed by atoms with Crippen LogP contribution in [0.5, 0.6) is 5.75 Å². The minimum absolute atomic E-state index is 0.186. The Labute approximate surface area is 214 Å². The quantitative estimate of drug-likeness (QED) is 0.326. The first kappa shape index (κ1) is 22.8. The Hall–Kier alpha value is -4.59. The van der Waals surface area contributed by atoms with Crippen molar-refractivity contribution in [3.05, 3.63) is 89.3 Å². The number of pyridine rings is 1. The maximum atomic E-state index is 14.2. The molecule has 1 aliphatic heterocycles. The molecule has 186 valence electrons. The van der Waals surface area contributed by atoms with Gasteiger partial charge in [0.25, 0.3) is 5.56 Å². The summed E-state index contributed by atoms with van der Waals surface area (Å²) in [6.45, 7) is 1.85. The van der Waals surface area contributed by atoms with Crippen LogP contribution in [0.15, 0.2) is 83.8 Å². The molecule has 4 heterocycles.